The summed E-state index contributed by atoms with van der Waals surface area (Å²) in [7, 11) is 0. The number of ether oxygens (including phenoxy) is 2. The number of aliphatic hydroxyl groups excluding tert-OH is 3. The van der Waals surface area contributed by atoms with Gasteiger partial charge in [0.05, 0.1) is 26.0 Å². The smallest absolute Gasteiger partial charge is 0.273 e. The first-order valence-electron chi connectivity index (χ1n) is 9.20. The third-order valence-electron chi connectivity index (χ3n) is 4.95. The van der Waals surface area contributed by atoms with E-state index in [1.807, 2.05) is 0 Å². The Morgan fingerprint density at radius 1 is 1.36 bits per heavy atom. The number of hydrogen-bond acceptors (Lipinski definition) is 10. The molecule has 3 heterocycles. The van der Waals surface area contributed by atoms with Crippen LogP contribution in [0.1, 0.15) is 16.5 Å². The first-order valence-corrected chi connectivity index (χ1v) is 10.5. The van der Waals surface area contributed by atoms with Crippen LogP contribution in [0.3, 0.4) is 0 Å². The Morgan fingerprint density at radius 2 is 2.11 bits per heavy atom. The standard InChI is InChI=1S/C16H27N5O6S/c1-28-16-14(24)12(13(23)11(9-22)27-16)21-8-10(18-19-21)15(25)17-2-3-20-4-6-26-7-5-20/h8,11-14,16,22-24H,2-7,9H2,1H3,(H,17,25)/t11?,12?,13-,14-,16-/m0/s1. The molecule has 28 heavy (non-hydrogen) atoms. The average Bonchev–Trinajstić information content (AvgIpc) is 3.19. The Bertz CT molecular complexity index is 627. The molecule has 1 aromatic heterocycles. The summed E-state index contributed by atoms with van der Waals surface area (Å²) in [6.45, 7) is 3.87. The molecule has 2 aliphatic rings. The molecule has 0 aromatic carbocycles. The lowest BCUT2D eigenvalue weighted by atomic mass is 9.97. The minimum absolute atomic E-state index is 0.0918. The normalized spacial score (nSPS) is 31.6. The summed E-state index contributed by atoms with van der Waals surface area (Å²) in [5.41, 5.74) is -0.547. The first-order chi connectivity index (χ1) is 13.5. The molecule has 158 valence electrons. The van der Waals surface area contributed by atoms with Gasteiger partial charge in [-0.25, -0.2) is 4.68 Å². The van der Waals surface area contributed by atoms with E-state index in [0.29, 0.717) is 26.3 Å². The Kier molecular flexibility index (Phi) is 7.62. The van der Waals surface area contributed by atoms with Crippen molar-refractivity contribution in [3.63, 3.8) is 0 Å². The number of nitrogens with zero attached hydrogens (tertiary/aromatic N) is 4. The van der Waals surface area contributed by atoms with Gasteiger partial charge in [-0.3, -0.25) is 9.69 Å². The molecule has 0 saturated carbocycles. The number of carbonyl (C=O) groups excluding carboxylic acids is 1. The van der Waals surface area contributed by atoms with Gasteiger partial charge in [-0.05, 0) is 6.26 Å². The summed E-state index contributed by atoms with van der Waals surface area (Å²) in [5.74, 6) is -0.379. The molecule has 5 atom stereocenters. The molecule has 2 saturated heterocycles. The molecule has 0 radical (unpaired) electrons. The number of thioether (sulfide) groups is 1. The highest BCUT2D eigenvalue weighted by Gasteiger charge is 2.45. The van der Waals surface area contributed by atoms with Crippen LogP contribution in [0.2, 0.25) is 0 Å². The number of aliphatic hydroxyl groups is 3. The molecule has 2 fully saturated rings. The van der Waals surface area contributed by atoms with Gasteiger partial charge in [-0.2, -0.15) is 0 Å². The van der Waals surface area contributed by atoms with Crippen LogP contribution in [0.4, 0.5) is 0 Å². The van der Waals surface area contributed by atoms with Crippen LogP contribution in [0.15, 0.2) is 6.20 Å². The van der Waals surface area contributed by atoms with Crippen molar-refractivity contribution in [1.82, 2.24) is 25.2 Å². The maximum absolute atomic E-state index is 12.3. The van der Waals surface area contributed by atoms with Crippen LogP contribution in [-0.2, 0) is 9.47 Å². The number of nitrogens with one attached hydrogen (secondary N) is 1. The van der Waals surface area contributed by atoms with Crippen LogP contribution in [-0.4, -0.2) is 117 Å². The van der Waals surface area contributed by atoms with Crippen molar-refractivity contribution in [2.75, 3.05) is 52.3 Å². The van der Waals surface area contributed by atoms with E-state index in [0.717, 1.165) is 13.1 Å². The molecule has 2 aliphatic heterocycles. The summed E-state index contributed by atoms with van der Waals surface area (Å²) in [6, 6.07) is -0.884. The minimum Gasteiger partial charge on any atom is -0.394 e. The lowest BCUT2D eigenvalue weighted by molar-refractivity contribution is -0.178. The second-order valence-corrected chi connectivity index (χ2v) is 7.66. The van der Waals surface area contributed by atoms with Gasteiger partial charge in [0, 0.05) is 26.2 Å². The highest BCUT2D eigenvalue weighted by Crippen LogP contribution is 2.33. The van der Waals surface area contributed by atoms with Crippen LogP contribution < -0.4 is 5.32 Å². The summed E-state index contributed by atoms with van der Waals surface area (Å²) in [5, 5.41) is 40.9. The molecule has 3 rings (SSSR count). The molecular formula is C16H27N5O6S. The number of aromatic nitrogens is 3. The van der Waals surface area contributed by atoms with E-state index < -0.39 is 36.4 Å². The van der Waals surface area contributed by atoms with Crippen LogP contribution in [0.25, 0.3) is 0 Å². The lowest BCUT2D eigenvalue weighted by Gasteiger charge is -2.41. The molecule has 2 unspecified atom stereocenters. The van der Waals surface area contributed by atoms with Gasteiger partial charge in [0.2, 0.25) is 0 Å². The van der Waals surface area contributed by atoms with Gasteiger partial charge in [0.25, 0.3) is 5.91 Å². The zero-order valence-electron chi connectivity index (χ0n) is 15.7. The number of amides is 1. The zero-order valence-corrected chi connectivity index (χ0v) is 16.5. The third-order valence-corrected chi connectivity index (χ3v) is 5.80. The number of morpholine rings is 1. The molecule has 12 heteroatoms. The summed E-state index contributed by atoms with van der Waals surface area (Å²) >= 11 is 1.26. The van der Waals surface area contributed by atoms with Crippen LogP contribution >= 0.6 is 11.8 Å². The van der Waals surface area contributed by atoms with Crippen LogP contribution in [0, 0.1) is 0 Å². The van der Waals surface area contributed by atoms with Gasteiger partial charge in [0.15, 0.2) is 5.69 Å². The predicted octanol–water partition coefficient (Wildman–Crippen LogP) is -2.32. The van der Waals surface area contributed by atoms with Crippen molar-refractivity contribution in [1.29, 1.82) is 0 Å². The van der Waals surface area contributed by atoms with E-state index in [1.54, 1.807) is 6.26 Å². The molecule has 0 spiro atoms. The molecule has 4 N–H and O–H groups in total. The van der Waals surface area contributed by atoms with Gasteiger partial charge in [-0.1, -0.05) is 5.21 Å². The van der Waals surface area contributed by atoms with E-state index in [4.69, 9.17) is 9.47 Å². The monoisotopic (exact) mass is 417 g/mol. The number of carbonyl (C=O) groups is 1. The Morgan fingerprint density at radius 3 is 2.79 bits per heavy atom. The molecular weight excluding hydrogens is 390 g/mol. The SMILES string of the molecule is CS[C@@H]1OC(CO)[C@H](O)C(n2cc(C(=O)NCCN3CCOCC3)nn2)[C@@H]1O. The van der Waals surface area contributed by atoms with Gasteiger partial charge >= 0.3 is 0 Å². The molecule has 1 amide bonds. The van der Waals surface area contributed by atoms with Crippen molar-refractivity contribution < 1.29 is 29.6 Å². The summed E-state index contributed by atoms with van der Waals surface area (Å²) in [6.07, 6.45) is 0.0132. The molecule has 0 aliphatic carbocycles. The highest BCUT2D eigenvalue weighted by atomic mass is 32.2. The average molecular weight is 417 g/mol. The van der Waals surface area contributed by atoms with Crippen molar-refractivity contribution in [2.45, 2.75) is 29.8 Å². The second-order valence-electron chi connectivity index (χ2n) is 6.73. The predicted molar refractivity (Wildman–Crippen MR) is 99.9 cm³/mol. The third kappa shape index (κ3) is 4.82. The summed E-state index contributed by atoms with van der Waals surface area (Å²) < 4.78 is 12.0. The first kappa shape index (κ1) is 21.4. The fourth-order valence-electron chi connectivity index (χ4n) is 3.34. The fourth-order valence-corrected chi connectivity index (χ4v) is 4.04. The molecule has 0 bridgehead atoms. The quantitative estimate of drug-likeness (QED) is 0.382. The Hall–Kier alpha value is -1.28. The highest BCUT2D eigenvalue weighted by molar-refractivity contribution is 7.99. The van der Waals surface area contributed by atoms with E-state index >= 15 is 0 Å². The largest absolute Gasteiger partial charge is 0.394 e. The molecule has 11 nitrogen and oxygen atoms in total. The van der Waals surface area contributed by atoms with Gasteiger partial charge in [-0.15, -0.1) is 16.9 Å². The summed E-state index contributed by atoms with van der Waals surface area (Å²) in [4.78, 5) is 14.5. The van der Waals surface area contributed by atoms with Crippen molar-refractivity contribution in [3.05, 3.63) is 11.9 Å². The topological polar surface area (TPSA) is 142 Å². The number of hydrogen-bond donors (Lipinski definition) is 4. The fraction of sp³-hybridized carbons (Fsp3) is 0.812. The Balaban J connectivity index is 1.60. The van der Waals surface area contributed by atoms with Crippen molar-refractivity contribution in [2.24, 2.45) is 0 Å². The van der Waals surface area contributed by atoms with E-state index in [1.165, 1.54) is 22.6 Å². The van der Waals surface area contributed by atoms with E-state index in [2.05, 4.69) is 20.5 Å². The maximum Gasteiger partial charge on any atom is 0.273 e. The van der Waals surface area contributed by atoms with Gasteiger partial charge < -0.3 is 30.1 Å². The molecule has 1 aromatic rings. The van der Waals surface area contributed by atoms with Crippen molar-refractivity contribution >= 4 is 17.7 Å². The second kappa shape index (κ2) is 9.96. The van der Waals surface area contributed by atoms with Gasteiger partial charge in [0.1, 0.15) is 29.8 Å². The van der Waals surface area contributed by atoms with Crippen molar-refractivity contribution in [3.8, 4) is 0 Å². The van der Waals surface area contributed by atoms with Crippen LogP contribution in [0.5, 0.6) is 0 Å². The van der Waals surface area contributed by atoms with E-state index in [9.17, 15) is 20.1 Å². The zero-order chi connectivity index (χ0) is 20.1. The Labute approximate surface area is 167 Å². The maximum atomic E-state index is 12.3. The van der Waals surface area contributed by atoms with E-state index in [-0.39, 0.29) is 11.6 Å². The number of rotatable bonds is 7. The minimum atomic E-state index is -1.19. The lowest BCUT2D eigenvalue weighted by Crippen LogP contribution is -2.54.